The summed E-state index contributed by atoms with van der Waals surface area (Å²) in [7, 11) is 1.29. The van der Waals surface area contributed by atoms with Crippen molar-refractivity contribution in [2.45, 2.75) is 33.1 Å². The number of esters is 2. The maximum absolute atomic E-state index is 11.7. The molecule has 1 aromatic heterocycles. The fraction of sp³-hybridized carbons (Fsp3) is 0.667. The van der Waals surface area contributed by atoms with Crippen LogP contribution in [0.25, 0.3) is 0 Å². The second kappa shape index (κ2) is 6.86. The van der Waals surface area contributed by atoms with Crippen LogP contribution in [0.15, 0.2) is 4.52 Å². The third kappa shape index (κ3) is 4.04. The van der Waals surface area contributed by atoms with Gasteiger partial charge < -0.3 is 14.0 Å². The van der Waals surface area contributed by atoms with Crippen LogP contribution in [0, 0.1) is 5.92 Å². The smallest absolute Gasteiger partial charge is 0.379 e. The summed E-state index contributed by atoms with van der Waals surface area (Å²) < 4.78 is 14.4. The van der Waals surface area contributed by atoms with Crippen molar-refractivity contribution in [1.29, 1.82) is 0 Å². The van der Waals surface area contributed by atoms with Crippen molar-refractivity contribution in [3.63, 3.8) is 0 Å². The average Bonchev–Trinajstić information content (AvgIpc) is 2.84. The first kappa shape index (κ1) is 15.1. The number of ether oxygens (including phenoxy) is 2. The Kier molecular flexibility index (Phi) is 5.47. The zero-order valence-corrected chi connectivity index (χ0v) is 11.5. The number of carbonyl (C=O) groups excluding carboxylic acids is 2. The number of hydrogen-bond donors (Lipinski definition) is 0. The molecule has 1 aromatic rings. The van der Waals surface area contributed by atoms with E-state index < -0.39 is 17.9 Å². The molecule has 0 aliphatic rings. The van der Waals surface area contributed by atoms with E-state index >= 15 is 0 Å². The lowest BCUT2D eigenvalue weighted by atomic mass is 9.97. The summed E-state index contributed by atoms with van der Waals surface area (Å²) in [5.74, 6) is -1.68. The van der Waals surface area contributed by atoms with Crippen molar-refractivity contribution in [2.24, 2.45) is 5.92 Å². The maximum Gasteiger partial charge on any atom is 0.379 e. The first-order valence-electron chi connectivity index (χ1n) is 6.08. The minimum absolute atomic E-state index is 0.0728. The van der Waals surface area contributed by atoms with Crippen molar-refractivity contribution in [2.75, 3.05) is 13.7 Å². The van der Waals surface area contributed by atoms with Crippen LogP contribution in [0.1, 0.15) is 49.6 Å². The van der Waals surface area contributed by atoms with Crippen LogP contribution in [0.2, 0.25) is 0 Å². The van der Waals surface area contributed by atoms with Gasteiger partial charge in [0, 0.05) is 0 Å². The van der Waals surface area contributed by atoms with Gasteiger partial charge in [0.25, 0.3) is 5.82 Å². The molecule has 0 aliphatic carbocycles. The van der Waals surface area contributed by atoms with Crippen LogP contribution in [-0.2, 0) is 14.3 Å². The Bertz CT molecular complexity index is 441. The maximum atomic E-state index is 11.7. The highest BCUT2D eigenvalue weighted by molar-refractivity contribution is 5.85. The van der Waals surface area contributed by atoms with Crippen molar-refractivity contribution in [3.05, 3.63) is 11.7 Å². The van der Waals surface area contributed by atoms with E-state index in [0.29, 0.717) is 6.42 Å². The van der Waals surface area contributed by atoms with Gasteiger partial charge in [0.15, 0.2) is 0 Å². The van der Waals surface area contributed by atoms with E-state index in [4.69, 9.17) is 14.0 Å². The largest absolute Gasteiger partial charge is 0.468 e. The molecule has 7 nitrogen and oxygen atoms in total. The summed E-state index contributed by atoms with van der Waals surface area (Å²) in [4.78, 5) is 27.0. The lowest BCUT2D eigenvalue weighted by Gasteiger charge is -2.12. The molecule has 0 fully saturated rings. The summed E-state index contributed by atoms with van der Waals surface area (Å²) in [5.41, 5.74) is 0. The molecular formula is C12H18N2O5. The second-order valence-electron chi connectivity index (χ2n) is 4.38. The van der Waals surface area contributed by atoms with E-state index in [2.05, 4.69) is 10.1 Å². The van der Waals surface area contributed by atoms with Gasteiger partial charge in [-0.3, -0.25) is 4.79 Å². The Morgan fingerprint density at radius 3 is 2.58 bits per heavy atom. The molecule has 0 saturated heterocycles. The van der Waals surface area contributed by atoms with Crippen molar-refractivity contribution < 1.29 is 23.6 Å². The predicted octanol–water partition coefficient (Wildman–Crippen LogP) is 1.55. The minimum Gasteiger partial charge on any atom is -0.468 e. The fourth-order valence-electron chi connectivity index (χ4n) is 1.57. The average molecular weight is 270 g/mol. The molecule has 1 heterocycles. The van der Waals surface area contributed by atoms with Crippen molar-refractivity contribution in [3.8, 4) is 0 Å². The second-order valence-corrected chi connectivity index (χ2v) is 4.38. The van der Waals surface area contributed by atoms with Crippen LogP contribution in [0.5, 0.6) is 0 Å². The Morgan fingerprint density at radius 2 is 2.05 bits per heavy atom. The fourth-order valence-corrected chi connectivity index (χ4v) is 1.57. The highest BCUT2D eigenvalue weighted by Gasteiger charge is 2.29. The number of rotatable bonds is 6. The van der Waals surface area contributed by atoms with Crippen molar-refractivity contribution >= 4 is 11.9 Å². The molecule has 1 atom stereocenters. The molecule has 0 amide bonds. The Hall–Kier alpha value is -1.92. The Morgan fingerprint density at radius 1 is 1.37 bits per heavy atom. The summed E-state index contributed by atoms with van der Waals surface area (Å²) >= 11 is 0. The molecule has 0 spiro atoms. The Balaban J connectivity index is 2.91. The summed E-state index contributed by atoms with van der Waals surface area (Å²) in [6.45, 7) is 5.81. The molecule has 7 heteroatoms. The van der Waals surface area contributed by atoms with Gasteiger partial charge >= 0.3 is 11.9 Å². The number of methoxy groups -OCH3 is 1. The number of nitrogens with zero attached hydrogens (tertiary/aromatic N) is 2. The van der Waals surface area contributed by atoms with Gasteiger partial charge in [0.05, 0.1) is 13.7 Å². The molecule has 0 aromatic carbocycles. The minimum atomic E-state index is -0.675. The van der Waals surface area contributed by atoms with Crippen LogP contribution in [0.3, 0.4) is 0 Å². The highest BCUT2D eigenvalue weighted by Crippen LogP contribution is 2.23. The molecule has 0 radical (unpaired) electrons. The van der Waals surface area contributed by atoms with E-state index in [0.717, 1.165) is 0 Å². The molecule has 19 heavy (non-hydrogen) atoms. The van der Waals surface area contributed by atoms with Gasteiger partial charge in [-0.05, 0) is 24.4 Å². The van der Waals surface area contributed by atoms with E-state index in [-0.39, 0.29) is 24.2 Å². The molecule has 0 bridgehead atoms. The number of aromatic nitrogens is 2. The van der Waals surface area contributed by atoms with Gasteiger partial charge in [-0.15, -0.1) is 0 Å². The van der Waals surface area contributed by atoms with Crippen LogP contribution < -0.4 is 0 Å². The van der Waals surface area contributed by atoms with Gasteiger partial charge in [-0.25, -0.2) is 4.79 Å². The first-order valence-corrected chi connectivity index (χ1v) is 6.08. The third-order valence-corrected chi connectivity index (χ3v) is 2.39. The summed E-state index contributed by atoms with van der Waals surface area (Å²) in [5, 5.41) is 3.51. The molecule has 0 N–H and O–H groups in total. The monoisotopic (exact) mass is 270 g/mol. The van der Waals surface area contributed by atoms with Gasteiger partial charge in [0.2, 0.25) is 5.89 Å². The van der Waals surface area contributed by atoms with E-state index in [1.165, 1.54) is 7.11 Å². The molecule has 0 saturated carbocycles. The molecule has 1 rings (SSSR count). The molecule has 0 aliphatic heterocycles. The first-order chi connectivity index (χ1) is 8.99. The summed E-state index contributed by atoms with van der Waals surface area (Å²) in [6, 6.07) is 0. The SMILES string of the molecule is CCOC(=O)c1noc(C(CC(C)C)C(=O)OC)n1. The van der Waals surface area contributed by atoms with E-state index in [1.54, 1.807) is 6.92 Å². The standard InChI is InChI=1S/C12H18N2O5/c1-5-18-12(16)9-13-10(19-14-9)8(6-7(2)3)11(15)17-4/h7-8H,5-6H2,1-4H3. The van der Waals surface area contributed by atoms with Crippen molar-refractivity contribution in [1.82, 2.24) is 10.1 Å². The number of hydrogen-bond acceptors (Lipinski definition) is 7. The lowest BCUT2D eigenvalue weighted by molar-refractivity contribution is -0.143. The van der Waals surface area contributed by atoms with Crippen LogP contribution in [0.4, 0.5) is 0 Å². The quantitative estimate of drug-likeness (QED) is 0.724. The normalized spacial score (nSPS) is 12.3. The van der Waals surface area contributed by atoms with Crippen LogP contribution >= 0.6 is 0 Å². The van der Waals surface area contributed by atoms with Gasteiger partial charge in [0.1, 0.15) is 5.92 Å². The molecule has 1 unspecified atom stereocenters. The van der Waals surface area contributed by atoms with Gasteiger partial charge in [-0.1, -0.05) is 13.8 Å². The van der Waals surface area contributed by atoms with Gasteiger partial charge in [-0.2, -0.15) is 4.98 Å². The number of carbonyl (C=O) groups is 2. The zero-order chi connectivity index (χ0) is 14.4. The molecular weight excluding hydrogens is 252 g/mol. The topological polar surface area (TPSA) is 91.5 Å². The molecule has 106 valence electrons. The van der Waals surface area contributed by atoms with E-state index in [1.807, 2.05) is 13.8 Å². The Labute approximate surface area is 111 Å². The summed E-state index contributed by atoms with van der Waals surface area (Å²) in [6.07, 6.45) is 0.497. The highest BCUT2D eigenvalue weighted by atomic mass is 16.5. The predicted molar refractivity (Wildman–Crippen MR) is 64.5 cm³/mol. The lowest BCUT2D eigenvalue weighted by Crippen LogP contribution is -2.17. The van der Waals surface area contributed by atoms with E-state index in [9.17, 15) is 9.59 Å². The van der Waals surface area contributed by atoms with Crippen LogP contribution in [-0.4, -0.2) is 35.8 Å². The third-order valence-electron chi connectivity index (χ3n) is 2.39. The zero-order valence-electron chi connectivity index (χ0n) is 11.5.